The smallest absolute Gasteiger partial charge is 0.238 e. The van der Waals surface area contributed by atoms with Crippen molar-refractivity contribution >= 4 is 10.0 Å². The van der Waals surface area contributed by atoms with Crippen LogP contribution in [0.4, 0.5) is 0 Å². The molecule has 0 aromatic heterocycles. The van der Waals surface area contributed by atoms with Gasteiger partial charge in [0, 0.05) is 19.2 Å². The van der Waals surface area contributed by atoms with E-state index in [-0.39, 0.29) is 10.9 Å². The van der Waals surface area contributed by atoms with Gasteiger partial charge >= 0.3 is 0 Å². The normalized spacial score (nSPS) is 18.8. The zero-order chi connectivity index (χ0) is 14.8. The summed E-state index contributed by atoms with van der Waals surface area (Å²) in [5.41, 5.74) is 1.04. The average Bonchev–Trinajstić information content (AvgIpc) is 3.21. The van der Waals surface area contributed by atoms with E-state index >= 15 is 0 Å². The van der Waals surface area contributed by atoms with Crippen LogP contribution < -0.4 is 10.5 Å². The third-order valence-corrected chi connectivity index (χ3v) is 4.64. The molecule has 0 amide bonds. The lowest BCUT2D eigenvalue weighted by Gasteiger charge is -2.23. The Morgan fingerprint density at radius 2 is 1.95 bits per heavy atom. The summed E-state index contributed by atoms with van der Waals surface area (Å²) in [4.78, 5) is 0.143. The van der Waals surface area contributed by atoms with Crippen LogP contribution in [0, 0.1) is 5.92 Å². The van der Waals surface area contributed by atoms with Crippen LogP contribution in [0.15, 0.2) is 29.2 Å². The molecule has 1 aromatic carbocycles. The number of hydrogen-bond acceptors (Lipinski definition) is 4. The predicted molar refractivity (Wildman–Crippen MR) is 77.8 cm³/mol. The van der Waals surface area contributed by atoms with Gasteiger partial charge in [0.15, 0.2) is 0 Å². The van der Waals surface area contributed by atoms with E-state index < -0.39 is 10.0 Å². The summed E-state index contributed by atoms with van der Waals surface area (Å²) in [7, 11) is -1.91. The first-order valence-electron chi connectivity index (χ1n) is 6.79. The third-order valence-electron chi connectivity index (χ3n) is 3.71. The molecule has 2 unspecified atom stereocenters. The molecule has 3 N–H and O–H groups in total. The molecule has 1 aromatic rings. The quantitative estimate of drug-likeness (QED) is 0.797. The van der Waals surface area contributed by atoms with Crippen molar-refractivity contribution in [2.24, 2.45) is 11.1 Å². The van der Waals surface area contributed by atoms with Gasteiger partial charge in [0.25, 0.3) is 0 Å². The second-order valence-electron chi connectivity index (χ2n) is 5.40. The van der Waals surface area contributed by atoms with E-state index in [0.29, 0.717) is 18.6 Å². The Bertz CT molecular complexity index is 538. The molecule has 0 radical (unpaired) electrons. The van der Waals surface area contributed by atoms with Crippen LogP contribution >= 0.6 is 0 Å². The van der Waals surface area contributed by atoms with Gasteiger partial charge in [-0.3, -0.25) is 0 Å². The fourth-order valence-electron chi connectivity index (χ4n) is 2.36. The number of methoxy groups -OCH3 is 1. The number of nitrogens with two attached hydrogens (primary N) is 1. The van der Waals surface area contributed by atoms with Crippen molar-refractivity contribution in [2.75, 3.05) is 13.7 Å². The number of rotatable bonds is 7. The Balaban J connectivity index is 2.03. The Labute approximate surface area is 120 Å². The minimum atomic E-state index is -3.62. The lowest BCUT2D eigenvalue weighted by Crippen LogP contribution is -2.37. The van der Waals surface area contributed by atoms with Crippen molar-refractivity contribution in [2.45, 2.75) is 36.7 Å². The second-order valence-corrected chi connectivity index (χ2v) is 6.96. The highest BCUT2D eigenvalue weighted by Gasteiger charge is 2.31. The highest BCUT2D eigenvalue weighted by Crippen LogP contribution is 2.33. The molecule has 112 valence electrons. The Morgan fingerprint density at radius 3 is 2.40 bits per heavy atom. The van der Waals surface area contributed by atoms with Gasteiger partial charge in [0.1, 0.15) is 0 Å². The van der Waals surface area contributed by atoms with Crippen molar-refractivity contribution in [3.63, 3.8) is 0 Å². The van der Waals surface area contributed by atoms with Gasteiger partial charge in [-0.05, 0) is 43.4 Å². The molecule has 0 heterocycles. The fourth-order valence-corrected chi connectivity index (χ4v) is 2.88. The number of sulfonamides is 1. The Morgan fingerprint density at radius 1 is 1.35 bits per heavy atom. The average molecular weight is 298 g/mol. The molecule has 2 atom stereocenters. The van der Waals surface area contributed by atoms with Crippen LogP contribution in [-0.2, 0) is 14.8 Å². The molecular weight excluding hydrogens is 276 g/mol. The van der Waals surface area contributed by atoms with E-state index in [0.717, 1.165) is 5.56 Å². The summed E-state index contributed by atoms with van der Waals surface area (Å²) in [6, 6.07) is 7.19. The first-order chi connectivity index (χ1) is 9.41. The molecule has 2 rings (SSSR count). The molecule has 1 aliphatic carbocycles. The van der Waals surface area contributed by atoms with Crippen molar-refractivity contribution in [3.05, 3.63) is 29.8 Å². The molecular formula is C14H22N2O3S. The molecule has 5 nitrogen and oxygen atoms in total. The topological polar surface area (TPSA) is 81.4 Å². The van der Waals surface area contributed by atoms with Gasteiger partial charge in [-0.15, -0.1) is 0 Å². The van der Waals surface area contributed by atoms with Gasteiger partial charge in [-0.1, -0.05) is 12.1 Å². The largest absolute Gasteiger partial charge is 0.383 e. The monoisotopic (exact) mass is 298 g/mol. The van der Waals surface area contributed by atoms with Crippen LogP contribution in [-0.4, -0.2) is 28.2 Å². The van der Waals surface area contributed by atoms with Crippen LogP contribution in [0.3, 0.4) is 0 Å². The lowest BCUT2D eigenvalue weighted by atomic mass is 10.1. The van der Waals surface area contributed by atoms with Gasteiger partial charge in [0.05, 0.1) is 11.5 Å². The summed E-state index contributed by atoms with van der Waals surface area (Å²) in [5.74, 6) is 0.695. The molecule has 1 fully saturated rings. The van der Waals surface area contributed by atoms with Gasteiger partial charge in [-0.2, -0.15) is 0 Å². The lowest BCUT2D eigenvalue weighted by molar-refractivity contribution is 0.152. The zero-order valence-corrected chi connectivity index (χ0v) is 12.7. The van der Waals surface area contributed by atoms with Crippen LogP contribution in [0.25, 0.3) is 0 Å². The maximum Gasteiger partial charge on any atom is 0.238 e. The van der Waals surface area contributed by atoms with E-state index in [9.17, 15) is 8.42 Å². The summed E-state index contributed by atoms with van der Waals surface area (Å²) < 4.78 is 27.7. The maximum absolute atomic E-state index is 11.2. The summed E-state index contributed by atoms with van der Waals surface area (Å²) in [6.07, 6.45) is 2.50. The summed E-state index contributed by atoms with van der Waals surface area (Å²) >= 11 is 0. The molecule has 6 heteroatoms. The minimum Gasteiger partial charge on any atom is -0.383 e. The van der Waals surface area contributed by atoms with Crippen molar-refractivity contribution in [3.8, 4) is 0 Å². The summed E-state index contributed by atoms with van der Waals surface area (Å²) in [6.45, 7) is 2.77. The number of primary sulfonamides is 1. The number of benzene rings is 1. The minimum absolute atomic E-state index is 0.143. The van der Waals surface area contributed by atoms with E-state index in [4.69, 9.17) is 9.88 Å². The third kappa shape index (κ3) is 4.02. The highest BCUT2D eigenvalue weighted by atomic mass is 32.2. The zero-order valence-electron chi connectivity index (χ0n) is 11.9. The van der Waals surface area contributed by atoms with Gasteiger partial charge in [0.2, 0.25) is 10.0 Å². The van der Waals surface area contributed by atoms with E-state index in [1.54, 1.807) is 31.4 Å². The van der Waals surface area contributed by atoms with E-state index in [1.165, 1.54) is 12.8 Å². The van der Waals surface area contributed by atoms with Crippen molar-refractivity contribution < 1.29 is 13.2 Å². The standard InChI is InChI=1S/C14H22N2O3S/c1-10(16-14(9-19-2)12-3-4-12)11-5-7-13(8-6-11)20(15,17)18/h5-8,10,12,14,16H,3-4,9H2,1-2H3,(H2,15,17,18). The van der Waals surface area contributed by atoms with Crippen LogP contribution in [0.2, 0.25) is 0 Å². The van der Waals surface area contributed by atoms with Crippen LogP contribution in [0.5, 0.6) is 0 Å². The Hall–Kier alpha value is -0.950. The van der Waals surface area contributed by atoms with E-state index in [1.807, 2.05) is 0 Å². The molecule has 1 aliphatic rings. The summed E-state index contributed by atoms with van der Waals surface area (Å²) in [5, 5.41) is 8.64. The predicted octanol–water partition coefficient (Wildman–Crippen LogP) is 1.41. The first kappa shape index (κ1) is 15.4. The number of ether oxygens (including phenoxy) is 1. The number of nitrogens with one attached hydrogen (secondary N) is 1. The SMILES string of the molecule is COCC(NC(C)c1ccc(S(N)(=O)=O)cc1)C1CC1. The Kier molecular flexibility index (Phi) is 4.80. The molecule has 1 saturated carbocycles. The van der Waals surface area contributed by atoms with E-state index in [2.05, 4.69) is 12.2 Å². The van der Waals surface area contributed by atoms with Gasteiger partial charge in [-0.25, -0.2) is 13.6 Å². The molecule has 0 aliphatic heterocycles. The van der Waals surface area contributed by atoms with Crippen molar-refractivity contribution in [1.82, 2.24) is 5.32 Å². The molecule has 0 spiro atoms. The number of hydrogen-bond donors (Lipinski definition) is 2. The maximum atomic E-state index is 11.2. The highest BCUT2D eigenvalue weighted by molar-refractivity contribution is 7.89. The van der Waals surface area contributed by atoms with Crippen molar-refractivity contribution in [1.29, 1.82) is 0 Å². The fraction of sp³-hybridized carbons (Fsp3) is 0.571. The molecule has 20 heavy (non-hydrogen) atoms. The molecule has 0 bridgehead atoms. The first-order valence-corrected chi connectivity index (χ1v) is 8.34. The van der Waals surface area contributed by atoms with Crippen LogP contribution in [0.1, 0.15) is 31.4 Å². The van der Waals surface area contributed by atoms with Gasteiger partial charge < -0.3 is 10.1 Å². The second kappa shape index (κ2) is 6.22. The molecule has 0 saturated heterocycles.